The van der Waals surface area contributed by atoms with Crippen molar-refractivity contribution >= 4 is 35.2 Å². The molecule has 0 bridgehead atoms. The van der Waals surface area contributed by atoms with E-state index < -0.39 is 0 Å². The number of carbonyl (C=O) groups is 2. The smallest absolute Gasteiger partial charge is 0.291 e. The molecular formula is C23H23ClN2O3. The van der Waals surface area contributed by atoms with Gasteiger partial charge in [0.2, 0.25) is 0 Å². The standard InChI is InChI=1S/C23H23ClN2O3/c24-18-10-6-5-7-15(18)14-21-23(28)26-19-13-16(11-12-20(19)29-21)22(27)25-17-8-3-1-2-4-9-17/h5-7,10-14,17H,1-4,8-9H2,(H,25,27)(H,26,28). The molecule has 1 aliphatic heterocycles. The van der Waals surface area contributed by atoms with Crippen molar-refractivity contribution in [2.45, 2.75) is 44.6 Å². The lowest BCUT2D eigenvalue weighted by Crippen LogP contribution is -2.34. The number of rotatable bonds is 3. The molecule has 2 amide bonds. The van der Waals surface area contributed by atoms with E-state index in [-0.39, 0.29) is 23.6 Å². The van der Waals surface area contributed by atoms with Crippen LogP contribution >= 0.6 is 11.6 Å². The molecular weight excluding hydrogens is 388 g/mol. The number of nitrogens with one attached hydrogen (secondary N) is 2. The molecule has 5 nitrogen and oxygen atoms in total. The Balaban J connectivity index is 1.50. The predicted octanol–water partition coefficient (Wildman–Crippen LogP) is 5.16. The summed E-state index contributed by atoms with van der Waals surface area (Å²) in [6.07, 6.45) is 8.42. The molecule has 1 saturated carbocycles. The van der Waals surface area contributed by atoms with Crippen molar-refractivity contribution < 1.29 is 14.3 Å². The first kappa shape index (κ1) is 19.5. The Labute approximate surface area is 175 Å². The van der Waals surface area contributed by atoms with Gasteiger partial charge in [-0.05, 0) is 48.7 Å². The number of fused-ring (bicyclic) bond motifs is 1. The van der Waals surface area contributed by atoms with Crippen LogP contribution in [-0.4, -0.2) is 17.9 Å². The van der Waals surface area contributed by atoms with Gasteiger partial charge in [-0.25, -0.2) is 0 Å². The minimum Gasteiger partial charge on any atom is -0.449 e. The molecule has 1 aliphatic carbocycles. The highest BCUT2D eigenvalue weighted by atomic mass is 35.5. The maximum atomic E-state index is 12.6. The molecule has 0 saturated heterocycles. The van der Waals surface area contributed by atoms with Gasteiger partial charge in [-0.15, -0.1) is 0 Å². The highest BCUT2D eigenvalue weighted by Crippen LogP contribution is 2.33. The maximum Gasteiger partial charge on any atom is 0.291 e. The lowest BCUT2D eigenvalue weighted by atomic mass is 10.1. The van der Waals surface area contributed by atoms with E-state index in [2.05, 4.69) is 10.6 Å². The quantitative estimate of drug-likeness (QED) is 0.542. The number of hydrogen-bond donors (Lipinski definition) is 2. The van der Waals surface area contributed by atoms with Crippen LogP contribution in [0.25, 0.3) is 6.08 Å². The van der Waals surface area contributed by atoms with Gasteiger partial charge in [-0.1, -0.05) is 55.5 Å². The van der Waals surface area contributed by atoms with Crippen LogP contribution in [0.1, 0.15) is 54.4 Å². The number of anilines is 1. The Morgan fingerprint density at radius 3 is 2.62 bits per heavy atom. The second-order valence-electron chi connectivity index (χ2n) is 7.46. The second kappa shape index (κ2) is 8.70. The van der Waals surface area contributed by atoms with E-state index in [1.807, 2.05) is 18.2 Å². The summed E-state index contributed by atoms with van der Waals surface area (Å²) in [6.45, 7) is 0. The monoisotopic (exact) mass is 410 g/mol. The van der Waals surface area contributed by atoms with Gasteiger partial charge in [-0.3, -0.25) is 9.59 Å². The first-order valence-corrected chi connectivity index (χ1v) is 10.4. The van der Waals surface area contributed by atoms with E-state index in [0.29, 0.717) is 27.6 Å². The summed E-state index contributed by atoms with van der Waals surface area (Å²) in [6, 6.07) is 12.5. The van der Waals surface area contributed by atoms with Crippen LogP contribution in [0.3, 0.4) is 0 Å². The zero-order valence-electron chi connectivity index (χ0n) is 16.0. The number of amides is 2. The summed E-state index contributed by atoms with van der Waals surface area (Å²) < 4.78 is 5.76. The van der Waals surface area contributed by atoms with E-state index in [1.54, 1.807) is 30.3 Å². The van der Waals surface area contributed by atoms with Crippen LogP contribution in [0.15, 0.2) is 48.2 Å². The van der Waals surface area contributed by atoms with Crippen molar-refractivity contribution in [1.29, 1.82) is 0 Å². The SMILES string of the molecule is O=C1Nc2cc(C(=O)NC3CCCCCC3)ccc2OC1=Cc1ccccc1Cl. The minimum atomic E-state index is -0.376. The molecule has 1 heterocycles. The summed E-state index contributed by atoms with van der Waals surface area (Å²) in [4.78, 5) is 25.1. The molecule has 6 heteroatoms. The molecule has 2 aromatic carbocycles. The number of carbonyl (C=O) groups excluding carboxylic acids is 2. The summed E-state index contributed by atoms with van der Waals surface area (Å²) in [7, 11) is 0. The molecule has 0 atom stereocenters. The molecule has 29 heavy (non-hydrogen) atoms. The second-order valence-corrected chi connectivity index (χ2v) is 7.87. The largest absolute Gasteiger partial charge is 0.449 e. The van der Waals surface area contributed by atoms with E-state index in [0.717, 1.165) is 25.7 Å². The Bertz CT molecular complexity index is 962. The van der Waals surface area contributed by atoms with Gasteiger partial charge in [0.25, 0.3) is 11.8 Å². The van der Waals surface area contributed by atoms with Crippen molar-refractivity contribution in [3.63, 3.8) is 0 Å². The van der Waals surface area contributed by atoms with Crippen molar-refractivity contribution in [2.24, 2.45) is 0 Å². The Hall–Kier alpha value is -2.79. The number of halogens is 1. The molecule has 2 aliphatic rings. The normalized spacial score (nSPS) is 18.4. The molecule has 150 valence electrons. The zero-order valence-corrected chi connectivity index (χ0v) is 16.8. The van der Waals surface area contributed by atoms with Gasteiger partial charge < -0.3 is 15.4 Å². The van der Waals surface area contributed by atoms with Crippen LogP contribution in [0.5, 0.6) is 5.75 Å². The fourth-order valence-corrected chi connectivity index (χ4v) is 3.92. The summed E-state index contributed by atoms with van der Waals surface area (Å²) in [5.74, 6) is 0.153. The van der Waals surface area contributed by atoms with Crippen LogP contribution in [0.4, 0.5) is 5.69 Å². The first-order valence-electron chi connectivity index (χ1n) is 10.0. The van der Waals surface area contributed by atoms with Gasteiger partial charge in [-0.2, -0.15) is 0 Å². The molecule has 2 N–H and O–H groups in total. The highest BCUT2D eigenvalue weighted by Gasteiger charge is 2.24. The number of benzene rings is 2. The minimum absolute atomic E-state index is 0.119. The average Bonchev–Trinajstić information content (AvgIpc) is 2.98. The maximum absolute atomic E-state index is 12.6. The Morgan fingerprint density at radius 1 is 1.10 bits per heavy atom. The molecule has 0 spiro atoms. The third kappa shape index (κ3) is 4.62. The molecule has 2 aromatic rings. The average molecular weight is 411 g/mol. The van der Waals surface area contributed by atoms with Gasteiger partial charge in [0.1, 0.15) is 0 Å². The topological polar surface area (TPSA) is 67.4 Å². The van der Waals surface area contributed by atoms with E-state index in [1.165, 1.54) is 12.8 Å². The van der Waals surface area contributed by atoms with Crippen LogP contribution in [-0.2, 0) is 4.79 Å². The van der Waals surface area contributed by atoms with Crippen molar-refractivity contribution in [3.8, 4) is 5.75 Å². The summed E-state index contributed by atoms with van der Waals surface area (Å²) in [5.41, 5.74) is 1.69. The highest BCUT2D eigenvalue weighted by molar-refractivity contribution is 6.32. The fourth-order valence-electron chi connectivity index (χ4n) is 3.73. The van der Waals surface area contributed by atoms with Crippen LogP contribution in [0.2, 0.25) is 5.02 Å². The molecule has 4 rings (SSSR count). The fraction of sp³-hybridized carbons (Fsp3) is 0.304. The summed E-state index contributed by atoms with van der Waals surface area (Å²) >= 11 is 6.16. The van der Waals surface area contributed by atoms with Crippen molar-refractivity contribution in [3.05, 3.63) is 64.4 Å². The van der Waals surface area contributed by atoms with Crippen molar-refractivity contribution in [2.75, 3.05) is 5.32 Å². The molecule has 0 unspecified atom stereocenters. The van der Waals surface area contributed by atoms with E-state index >= 15 is 0 Å². The third-order valence-electron chi connectivity index (χ3n) is 5.32. The van der Waals surface area contributed by atoms with Gasteiger partial charge in [0.05, 0.1) is 5.69 Å². The molecule has 1 fully saturated rings. The Kier molecular flexibility index (Phi) is 5.86. The predicted molar refractivity (Wildman–Crippen MR) is 114 cm³/mol. The van der Waals surface area contributed by atoms with Gasteiger partial charge >= 0.3 is 0 Å². The summed E-state index contributed by atoms with van der Waals surface area (Å²) in [5, 5.41) is 6.46. The van der Waals surface area contributed by atoms with Crippen molar-refractivity contribution in [1.82, 2.24) is 5.32 Å². The van der Waals surface area contributed by atoms with E-state index in [9.17, 15) is 9.59 Å². The first-order chi connectivity index (χ1) is 14.1. The lowest BCUT2D eigenvalue weighted by molar-refractivity contribution is -0.115. The lowest BCUT2D eigenvalue weighted by Gasteiger charge is -2.21. The van der Waals surface area contributed by atoms with Gasteiger partial charge in [0.15, 0.2) is 11.5 Å². The Morgan fingerprint density at radius 2 is 1.86 bits per heavy atom. The molecule has 0 aromatic heterocycles. The van der Waals surface area contributed by atoms with Gasteiger partial charge in [0, 0.05) is 16.6 Å². The third-order valence-corrected chi connectivity index (χ3v) is 5.66. The van der Waals surface area contributed by atoms with Crippen LogP contribution in [0, 0.1) is 0 Å². The number of hydrogen-bond acceptors (Lipinski definition) is 3. The van der Waals surface area contributed by atoms with Crippen LogP contribution < -0.4 is 15.4 Å². The molecule has 0 radical (unpaired) electrons. The van der Waals surface area contributed by atoms with E-state index in [4.69, 9.17) is 16.3 Å². The number of ether oxygens (including phenoxy) is 1. The zero-order chi connectivity index (χ0) is 20.2.